The molecule has 4 nitrogen and oxygen atoms in total. The number of pyridine rings is 1. The Kier molecular flexibility index (Phi) is 3.16. The Morgan fingerprint density at radius 2 is 2.19 bits per heavy atom. The number of ether oxygens (including phenoxy) is 1. The second-order valence-corrected chi connectivity index (χ2v) is 3.85. The standard InChI is InChI=1S/C12H12N2O2/c13-8-9-5-6-14-12(7-9)16-11-3-1-10(15)2-4-11/h5-7,11H,1-4H2. The van der Waals surface area contributed by atoms with Crippen LogP contribution in [0.25, 0.3) is 0 Å². The van der Waals surface area contributed by atoms with Crippen molar-refractivity contribution in [3.8, 4) is 11.9 Å². The van der Waals surface area contributed by atoms with Crippen LogP contribution < -0.4 is 4.74 Å². The summed E-state index contributed by atoms with van der Waals surface area (Å²) in [7, 11) is 0. The van der Waals surface area contributed by atoms with Gasteiger partial charge in [-0.05, 0) is 18.9 Å². The molecular formula is C12H12N2O2. The Morgan fingerprint density at radius 3 is 2.88 bits per heavy atom. The molecule has 0 radical (unpaired) electrons. The SMILES string of the molecule is N#Cc1ccnc(OC2CCC(=O)CC2)c1. The van der Waals surface area contributed by atoms with Gasteiger partial charge in [-0.2, -0.15) is 5.26 Å². The molecule has 1 fully saturated rings. The third-order valence-corrected chi connectivity index (χ3v) is 2.64. The van der Waals surface area contributed by atoms with Gasteiger partial charge in [-0.25, -0.2) is 4.98 Å². The summed E-state index contributed by atoms with van der Waals surface area (Å²) in [6.45, 7) is 0. The summed E-state index contributed by atoms with van der Waals surface area (Å²) in [6, 6.07) is 5.30. The van der Waals surface area contributed by atoms with Gasteiger partial charge in [0.2, 0.25) is 5.88 Å². The third kappa shape index (κ3) is 2.57. The Labute approximate surface area is 93.9 Å². The molecule has 1 aliphatic carbocycles. The van der Waals surface area contributed by atoms with Crippen LogP contribution in [0.5, 0.6) is 5.88 Å². The molecule has 0 unspecified atom stereocenters. The fourth-order valence-corrected chi connectivity index (χ4v) is 1.75. The molecule has 4 heteroatoms. The van der Waals surface area contributed by atoms with Crippen molar-refractivity contribution in [2.24, 2.45) is 0 Å². The molecule has 82 valence electrons. The number of aromatic nitrogens is 1. The van der Waals surface area contributed by atoms with Gasteiger partial charge in [0.05, 0.1) is 11.6 Å². The first-order chi connectivity index (χ1) is 7.78. The Bertz CT molecular complexity index is 427. The largest absolute Gasteiger partial charge is 0.474 e. The van der Waals surface area contributed by atoms with Crippen molar-refractivity contribution in [1.29, 1.82) is 5.26 Å². The average Bonchev–Trinajstić information content (AvgIpc) is 2.32. The van der Waals surface area contributed by atoms with Gasteiger partial charge in [-0.1, -0.05) is 0 Å². The highest BCUT2D eigenvalue weighted by Crippen LogP contribution is 2.20. The zero-order valence-corrected chi connectivity index (χ0v) is 8.85. The summed E-state index contributed by atoms with van der Waals surface area (Å²) in [6.07, 6.45) is 4.28. The van der Waals surface area contributed by atoms with Crippen LogP contribution in [-0.4, -0.2) is 16.9 Å². The number of ketones is 1. The van der Waals surface area contributed by atoms with Crippen LogP contribution in [0.3, 0.4) is 0 Å². The van der Waals surface area contributed by atoms with Crippen LogP contribution in [0.4, 0.5) is 0 Å². The highest BCUT2D eigenvalue weighted by molar-refractivity contribution is 5.79. The highest BCUT2D eigenvalue weighted by atomic mass is 16.5. The number of carbonyl (C=O) groups excluding carboxylic acids is 1. The van der Waals surface area contributed by atoms with E-state index in [9.17, 15) is 4.79 Å². The van der Waals surface area contributed by atoms with E-state index >= 15 is 0 Å². The zero-order valence-electron chi connectivity index (χ0n) is 8.85. The average molecular weight is 216 g/mol. The molecule has 0 spiro atoms. The number of nitriles is 1. The Hall–Kier alpha value is -1.89. The lowest BCUT2D eigenvalue weighted by atomic mass is 9.96. The van der Waals surface area contributed by atoms with Gasteiger partial charge >= 0.3 is 0 Å². The van der Waals surface area contributed by atoms with Crippen molar-refractivity contribution in [1.82, 2.24) is 4.98 Å². The van der Waals surface area contributed by atoms with Crippen LogP contribution >= 0.6 is 0 Å². The molecule has 1 saturated carbocycles. The summed E-state index contributed by atoms with van der Waals surface area (Å²) < 4.78 is 5.63. The molecule has 1 aliphatic rings. The smallest absolute Gasteiger partial charge is 0.214 e. The maximum absolute atomic E-state index is 11.0. The van der Waals surface area contributed by atoms with E-state index in [1.54, 1.807) is 18.3 Å². The maximum atomic E-state index is 11.0. The number of Topliss-reactive ketones (excluding diaryl/α,β-unsaturated/α-hetero) is 1. The van der Waals surface area contributed by atoms with Crippen LogP contribution in [0.1, 0.15) is 31.2 Å². The number of hydrogen-bond donors (Lipinski definition) is 0. The van der Waals surface area contributed by atoms with Crippen LogP contribution in [0.2, 0.25) is 0 Å². The normalized spacial score (nSPS) is 16.8. The van der Waals surface area contributed by atoms with Crippen LogP contribution in [0.15, 0.2) is 18.3 Å². The summed E-state index contributed by atoms with van der Waals surface area (Å²) in [5.74, 6) is 0.775. The van der Waals surface area contributed by atoms with Crippen LogP contribution in [0, 0.1) is 11.3 Å². The lowest BCUT2D eigenvalue weighted by Crippen LogP contribution is -2.24. The predicted octanol–water partition coefficient (Wildman–Crippen LogP) is 1.84. The molecule has 1 aromatic heterocycles. The first-order valence-corrected chi connectivity index (χ1v) is 5.32. The lowest BCUT2D eigenvalue weighted by molar-refractivity contribution is -0.121. The van der Waals surface area contributed by atoms with E-state index in [0.717, 1.165) is 12.8 Å². The monoisotopic (exact) mass is 216 g/mol. The molecule has 0 atom stereocenters. The van der Waals surface area contributed by atoms with E-state index in [1.165, 1.54) is 0 Å². The molecule has 0 aromatic carbocycles. The number of hydrogen-bond acceptors (Lipinski definition) is 4. The van der Waals surface area contributed by atoms with Crippen molar-refractivity contribution >= 4 is 5.78 Å². The Morgan fingerprint density at radius 1 is 1.44 bits per heavy atom. The van der Waals surface area contributed by atoms with E-state index in [0.29, 0.717) is 30.1 Å². The Balaban J connectivity index is 1.98. The van der Waals surface area contributed by atoms with Crippen molar-refractivity contribution in [3.05, 3.63) is 23.9 Å². The van der Waals surface area contributed by atoms with Gasteiger partial charge in [0.25, 0.3) is 0 Å². The number of carbonyl (C=O) groups is 1. The molecule has 0 amide bonds. The molecule has 0 N–H and O–H groups in total. The topological polar surface area (TPSA) is 63.0 Å². The summed E-state index contributed by atoms with van der Waals surface area (Å²) in [5.41, 5.74) is 0.539. The second kappa shape index (κ2) is 4.75. The van der Waals surface area contributed by atoms with Gasteiger partial charge in [0.1, 0.15) is 11.9 Å². The fourth-order valence-electron chi connectivity index (χ4n) is 1.75. The van der Waals surface area contributed by atoms with Gasteiger partial charge in [0, 0.05) is 25.1 Å². The van der Waals surface area contributed by atoms with E-state index in [2.05, 4.69) is 4.98 Å². The number of nitrogens with zero attached hydrogens (tertiary/aromatic N) is 2. The van der Waals surface area contributed by atoms with E-state index < -0.39 is 0 Å². The fraction of sp³-hybridized carbons (Fsp3) is 0.417. The van der Waals surface area contributed by atoms with Gasteiger partial charge < -0.3 is 4.74 Å². The second-order valence-electron chi connectivity index (χ2n) is 3.85. The van der Waals surface area contributed by atoms with E-state index in [-0.39, 0.29) is 6.10 Å². The maximum Gasteiger partial charge on any atom is 0.214 e. The van der Waals surface area contributed by atoms with Gasteiger partial charge in [-0.15, -0.1) is 0 Å². The van der Waals surface area contributed by atoms with Crippen molar-refractivity contribution in [2.45, 2.75) is 31.8 Å². The minimum Gasteiger partial charge on any atom is -0.474 e. The molecule has 0 aliphatic heterocycles. The molecule has 1 aromatic rings. The predicted molar refractivity (Wildman–Crippen MR) is 56.8 cm³/mol. The van der Waals surface area contributed by atoms with Crippen LogP contribution in [-0.2, 0) is 4.79 Å². The van der Waals surface area contributed by atoms with E-state index in [1.807, 2.05) is 6.07 Å². The van der Waals surface area contributed by atoms with Gasteiger partial charge in [0.15, 0.2) is 0 Å². The first kappa shape index (κ1) is 10.6. The van der Waals surface area contributed by atoms with Crippen molar-refractivity contribution in [2.75, 3.05) is 0 Å². The summed E-state index contributed by atoms with van der Waals surface area (Å²) >= 11 is 0. The summed E-state index contributed by atoms with van der Waals surface area (Å²) in [4.78, 5) is 15.1. The molecule has 1 heterocycles. The van der Waals surface area contributed by atoms with Crippen molar-refractivity contribution < 1.29 is 9.53 Å². The minimum absolute atomic E-state index is 0.0548. The lowest BCUT2D eigenvalue weighted by Gasteiger charge is -2.21. The van der Waals surface area contributed by atoms with Gasteiger partial charge in [-0.3, -0.25) is 4.79 Å². The highest BCUT2D eigenvalue weighted by Gasteiger charge is 2.20. The molecule has 2 rings (SSSR count). The quantitative estimate of drug-likeness (QED) is 0.756. The minimum atomic E-state index is 0.0548. The molecule has 0 saturated heterocycles. The first-order valence-electron chi connectivity index (χ1n) is 5.32. The number of rotatable bonds is 2. The molecule has 0 bridgehead atoms. The van der Waals surface area contributed by atoms with Crippen molar-refractivity contribution in [3.63, 3.8) is 0 Å². The molecular weight excluding hydrogens is 204 g/mol. The molecule has 16 heavy (non-hydrogen) atoms. The zero-order chi connectivity index (χ0) is 11.4. The summed E-state index contributed by atoms with van der Waals surface area (Å²) in [5, 5.41) is 8.72. The van der Waals surface area contributed by atoms with E-state index in [4.69, 9.17) is 10.00 Å². The third-order valence-electron chi connectivity index (χ3n) is 2.64.